The van der Waals surface area contributed by atoms with Crippen molar-refractivity contribution in [2.24, 2.45) is 23.0 Å². The molecule has 4 heteroatoms. The Bertz CT molecular complexity index is 318. The molecule has 1 saturated carbocycles. The van der Waals surface area contributed by atoms with E-state index in [-0.39, 0.29) is 23.3 Å². The molecule has 0 heterocycles. The maximum Gasteiger partial charge on any atom is 0.226 e. The fraction of sp³-hybridized carbons (Fsp3) is 0.938. The normalized spacial score (nSPS) is 29.2. The first-order valence-corrected chi connectivity index (χ1v) is 7.98. The summed E-state index contributed by atoms with van der Waals surface area (Å²) in [5, 5.41) is 0. The van der Waals surface area contributed by atoms with E-state index < -0.39 is 0 Å². The van der Waals surface area contributed by atoms with Gasteiger partial charge in [0.2, 0.25) is 5.91 Å². The van der Waals surface area contributed by atoms with Crippen LogP contribution in [0.2, 0.25) is 0 Å². The maximum absolute atomic E-state index is 12.8. The smallest absolute Gasteiger partial charge is 0.226 e. The highest BCUT2D eigenvalue weighted by Gasteiger charge is 2.45. The number of carbonyl (C=O) groups excluding carboxylic acids is 1. The maximum atomic E-state index is 12.8. The summed E-state index contributed by atoms with van der Waals surface area (Å²) >= 11 is 0. The van der Waals surface area contributed by atoms with E-state index in [2.05, 4.69) is 20.8 Å². The molecule has 1 fully saturated rings. The number of nitrogens with two attached hydrogens (primary N) is 1. The molecular formula is C16H32N2O2. The van der Waals surface area contributed by atoms with Crippen LogP contribution in [-0.4, -0.2) is 43.2 Å². The number of likely N-dealkylation sites (N-methyl/N-ethyl adjacent to an activating group) is 1. The first kappa shape index (κ1) is 17.4. The fourth-order valence-electron chi connectivity index (χ4n) is 3.26. The van der Waals surface area contributed by atoms with Crippen molar-refractivity contribution in [1.82, 2.24) is 4.90 Å². The van der Waals surface area contributed by atoms with Crippen molar-refractivity contribution in [2.45, 2.75) is 53.5 Å². The quantitative estimate of drug-likeness (QED) is 0.761. The monoisotopic (exact) mass is 284 g/mol. The molecule has 20 heavy (non-hydrogen) atoms. The van der Waals surface area contributed by atoms with Crippen LogP contribution in [0, 0.1) is 17.3 Å². The molecule has 0 bridgehead atoms. The van der Waals surface area contributed by atoms with E-state index in [9.17, 15) is 4.79 Å². The highest BCUT2D eigenvalue weighted by molar-refractivity contribution is 5.79. The predicted molar refractivity (Wildman–Crippen MR) is 82.4 cm³/mol. The highest BCUT2D eigenvalue weighted by atomic mass is 16.5. The number of nitrogens with zero attached hydrogens (tertiary/aromatic N) is 1. The second-order valence-corrected chi connectivity index (χ2v) is 6.52. The van der Waals surface area contributed by atoms with E-state index in [4.69, 9.17) is 10.5 Å². The van der Waals surface area contributed by atoms with E-state index >= 15 is 0 Å². The highest BCUT2D eigenvalue weighted by Crippen LogP contribution is 2.45. The van der Waals surface area contributed by atoms with Gasteiger partial charge in [-0.15, -0.1) is 0 Å². The lowest BCUT2D eigenvalue weighted by Gasteiger charge is -2.47. The summed E-state index contributed by atoms with van der Waals surface area (Å²) < 4.78 is 5.38. The van der Waals surface area contributed by atoms with Gasteiger partial charge in [0.1, 0.15) is 0 Å². The third-order valence-electron chi connectivity index (χ3n) is 5.20. The van der Waals surface area contributed by atoms with Gasteiger partial charge >= 0.3 is 0 Å². The van der Waals surface area contributed by atoms with Crippen LogP contribution in [-0.2, 0) is 9.53 Å². The fourth-order valence-corrected chi connectivity index (χ4v) is 3.26. The van der Waals surface area contributed by atoms with Crippen LogP contribution in [0.15, 0.2) is 0 Å². The van der Waals surface area contributed by atoms with E-state index in [1.165, 1.54) is 0 Å². The SMILES string of the molecule is CCOCCN(CC)C(=O)C1CCC(N)C(C)C1(C)C. The molecule has 3 atom stereocenters. The molecule has 2 N–H and O–H groups in total. The Kier molecular flexibility index (Phi) is 6.46. The zero-order chi connectivity index (χ0) is 15.3. The molecule has 118 valence electrons. The van der Waals surface area contributed by atoms with Crippen LogP contribution in [0.5, 0.6) is 0 Å². The zero-order valence-electron chi connectivity index (χ0n) is 13.8. The van der Waals surface area contributed by atoms with Crippen molar-refractivity contribution in [3.05, 3.63) is 0 Å². The van der Waals surface area contributed by atoms with Crippen LogP contribution in [0.25, 0.3) is 0 Å². The van der Waals surface area contributed by atoms with E-state index in [1.807, 2.05) is 18.7 Å². The number of amides is 1. The van der Waals surface area contributed by atoms with Crippen molar-refractivity contribution in [2.75, 3.05) is 26.3 Å². The second kappa shape index (κ2) is 7.41. The summed E-state index contributed by atoms with van der Waals surface area (Å²) in [6, 6.07) is 0.215. The molecule has 0 radical (unpaired) electrons. The van der Waals surface area contributed by atoms with Gasteiger partial charge in [-0.05, 0) is 38.0 Å². The van der Waals surface area contributed by atoms with Gasteiger partial charge in [-0.25, -0.2) is 0 Å². The zero-order valence-corrected chi connectivity index (χ0v) is 13.8. The number of carbonyl (C=O) groups is 1. The van der Waals surface area contributed by atoms with Crippen molar-refractivity contribution >= 4 is 5.91 Å². The average molecular weight is 284 g/mol. The van der Waals surface area contributed by atoms with Gasteiger partial charge < -0.3 is 15.4 Å². The van der Waals surface area contributed by atoms with Gasteiger partial charge in [0, 0.05) is 31.7 Å². The minimum atomic E-state index is -0.0339. The molecule has 0 aromatic carbocycles. The van der Waals surface area contributed by atoms with Crippen LogP contribution >= 0.6 is 0 Å². The molecule has 0 spiro atoms. The van der Waals surface area contributed by atoms with Gasteiger partial charge in [-0.2, -0.15) is 0 Å². The lowest BCUT2D eigenvalue weighted by Crippen LogP contribution is -2.52. The third-order valence-corrected chi connectivity index (χ3v) is 5.20. The van der Waals surface area contributed by atoms with Crippen molar-refractivity contribution in [3.63, 3.8) is 0 Å². The number of hydrogen-bond acceptors (Lipinski definition) is 3. The minimum absolute atomic E-state index is 0.0339. The minimum Gasteiger partial charge on any atom is -0.380 e. The lowest BCUT2D eigenvalue weighted by molar-refractivity contribution is -0.144. The van der Waals surface area contributed by atoms with E-state index in [1.54, 1.807) is 0 Å². The molecule has 1 amide bonds. The Morgan fingerprint density at radius 1 is 1.35 bits per heavy atom. The summed E-state index contributed by atoms with van der Waals surface area (Å²) in [5.74, 6) is 0.727. The standard InChI is InChI=1S/C16H32N2O2/c1-6-18(10-11-20-7-2)15(19)13-8-9-14(17)12(3)16(13,4)5/h12-14H,6-11,17H2,1-5H3. The van der Waals surface area contributed by atoms with Crippen molar-refractivity contribution < 1.29 is 9.53 Å². The molecule has 0 aromatic heterocycles. The topological polar surface area (TPSA) is 55.6 Å². The van der Waals surface area contributed by atoms with Crippen molar-refractivity contribution in [1.29, 1.82) is 0 Å². The van der Waals surface area contributed by atoms with Crippen LogP contribution in [0.4, 0.5) is 0 Å². The second-order valence-electron chi connectivity index (χ2n) is 6.52. The Hall–Kier alpha value is -0.610. The molecular weight excluding hydrogens is 252 g/mol. The van der Waals surface area contributed by atoms with Gasteiger partial charge in [-0.3, -0.25) is 4.79 Å². The van der Waals surface area contributed by atoms with Gasteiger partial charge in [0.15, 0.2) is 0 Å². The first-order chi connectivity index (χ1) is 9.36. The number of hydrogen-bond donors (Lipinski definition) is 1. The number of rotatable bonds is 6. The molecule has 1 aliphatic carbocycles. The first-order valence-electron chi connectivity index (χ1n) is 7.98. The molecule has 1 aliphatic rings. The van der Waals surface area contributed by atoms with Crippen LogP contribution in [0.3, 0.4) is 0 Å². The van der Waals surface area contributed by atoms with Gasteiger partial charge in [0.25, 0.3) is 0 Å². The summed E-state index contributed by atoms with van der Waals surface area (Å²) in [6.07, 6.45) is 1.85. The number of ether oxygens (including phenoxy) is 1. The van der Waals surface area contributed by atoms with Gasteiger partial charge in [-0.1, -0.05) is 20.8 Å². The Morgan fingerprint density at radius 3 is 2.55 bits per heavy atom. The largest absolute Gasteiger partial charge is 0.380 e. The van der Waals surface area contributed by atoms with E-state index in [0.29, 0.717) is 25.7 Å². The summed E-state index contributed by atoms with van der Waals surface area (Å²) in [6.45, 7) is 13.3. The summed E-state index contributed by atoms with van der Waals surface area (Å²) in [4.78, 5) is 14.8. The Balaban J connectivity index is 2.73. The predicted octanol–water partition coefficient (Wildman–Crippen LogP) is 2.27. The van der Waals surface area contributed by atoms with Crippen LogP contribution < -0.4 is 5.73 Å². The molecule has 0 aliphatic heterocycles. The molecule has 0 saturated heterocycles. The Morgan fingerprint density at radius 2 is 2.00 bits per heavy atom. The molecule has 4 nitrogen and oxygen atoms in total. The lowest BCUT2D eigenvalue weighted by atomic mass is 9.60. The Labute approximate surface area is 124 Å². The van der Waals surface area contributed by atoms with Gasteiger partial charge in [0.05, 0.1) is 6.61 Å². The van der Waals surface area contributed by atoms with E-state index in [0.717, 1.165) is 19.4 Å². The molecule has 0 aromatic rings. The average Bonchev–Trinajstić information content (AvgIpc) is 2.40. The van der Waals surface area contributed by atoms with Crippen LogP contribution in [0.1, 0.15) is 47.5 Å². The molecule has 1 rings (SSSR count). The van der Waals surface area contributed by atoms with Crippen molar-refractivity contribution in [3.8, 4) is 0 Å². The third kappa shape index (κ3) is 3.73. The summed E-state index contributed by atoms with van der Waals surface area (Å²) in [7, 11) is 0. The molecule has 3 unspecified atom stereocenters. The summed E-state index contributed by atoms with van der Waals surface area (Å²) in [5.41, 5.74) is 6.14.